The standard InChI is InChI=1S/C14H19NO2/c1-3-17-14(16)12(2)11-15-10-9-13-7-5-4-6-8-13/h4-8,11,15H,3,9-10H2,1-2H3/b12-11+. The summed E-state index contributed by atoms with van der Waals surface area (Å²) < 4.78 is 4.87. The van der Waals surface area contributed by atoms with Gasteiger partial charge in [-0.15, -0.1) is 0 Å². The van der Waals surface area contributed by atoms with Crippen molar-refractivity contribution in [1.82, 2.24) is 5.32 Å². The highest BCUT2D eigenvalue weighted by molar-refractivity contribution is 5.87. The molecule has 0 aliphatic heterocycles. The average Bonchev–Trinajstić information content (AvgIpc) is 2.36. The summed E-state index contributed by atoms with van der Waals surface area (Å²) in [6.07, 6.45) is 2.65. The molecule has 0 aliphatic rings. The fraction of sp³-hybridized carbons (Fsp3) is 0.357. The van der Waals surface area contributed by atoms with E-state index in [1.165, 1.54) is 5.56 Å². The van der Waals surface area contributed by atoms with Crippen molar-refractivity contribution >= 4 is 5.97 Å². The normalized spacial score (nSPS) is 11.1. The average molecular weight is 233 g/mol. The van der Waals surface area contributed by atoms with Gasteiger partial charge in [0, 0.05) is 18.3 Å². The topological polar surface area (TPSA) is 38.3 Å². The van der Waals surface area contributed by atoms with E-state index in [2.05, 4.69) is 17.4 Å². The van der Waals surface area contributed by atoms with Crippen LogP contribution >= 0.6 is 0 Å². The lowest BCUT2D eigenvalue weighted by Crippen LogP contribution is -2.14. The smallest absolute Gasteiger partial charge is 0.335 e. The molecule has 1 rings (SSSR count). The third kappa shape index (κ3) is 5.20. The van der Waals surface area contributed by atoms with Crippen molar-refractivity contribution in [3.8, 4) is 0 Å². The van der Waals surface area contributed by atoms with E-state index in [-0.39, 0.29) is 5.97 Å². The van der Waals surface area contributed by atoms with Gasteiger partial charge in [0.25, 0.3) is 0 Å². The van der Waals surface area contributed by atoms with Crippen LogP contribution in [-0.4, -0.2) is 19.1 Å². The molecule has 0 aromatic heterocycles. The lowest BCUT2D eigenvalue weighted by Gasteiger charge is -2.04. The van der Waals surface area contributed by atoms with E-state index >= 15 is 0 Å². The number of hydrogen-bond acceptors (Lipinski definition) is 3. The zero-order valence-corrected chi connectivity index (χ0v) is 10.4. The lowest BCUT2D eigenvalue weighted by molar-refractivity contribution is -0.138. The van der Waals surface area contributed by atoms with Crippen molar-refractivity contribution in [1.29, 1.82) is 0 Å². The predicted octanol–water partition coefficient (Wildman–Crippen LogP) is 2.29. The minimum Gasteiger partial charge on any atom is -0.463 e. The summed E-state index contributed by atoms with van der Waals surface area (Å²) >= 11 is 0. The van der Waals surface area contributed by atoms with Gasteiger partial charge >= 0.3 is 5.97 Å². The quantitative estimate of drug-likeness (QED) is 0.465. The summed E-state index contributed by atoms with van der Waals surface area (Å²) in [5.41, 5.74) is 1.88. The van der Waals surface area contributed by atoms with E-state index in [0.717, 1.165) is 13.0 Å². The molecule has 0 saturated carbocycles. The summed E-state index contributed by atoms with van der Waals surface area (Å²) in [5, 5.41) is 3.11. The molecule has 3 heteroatoms. The van der Waals surface area contributed by atoms with Gasteiger partial charge in [0.2, 0.25) is 0 Å². The molecule has 0 spiro atoms. The van der Waals surface area contributed by atoms with Gasteiger partial charge in [-0.1, -0.05) is 30.3 Å². The predicted molar refractivity (Wildman–Crippen MR) is 68.5 cm³/mol. The first-order chi connectivity index (χ1) is 8.24. The van der Waals surface area contributed by atoms with E-state index in [9.17, 15) is 4.79 Å². The van der Waals surface area contributed by atoms with Crippen LogP contribution in [0.3, 0.4) is 0 Å². The maximum atomic E-state index is 11.3. The Morgan fingerprint density at radius 2 is 2.06 bits per heavy atom. The van der Waals surface area contributed by atoms with Gasteiger partial charge in [-0.25, -0.2) is 4.79 Å². The van der Waals surface area contributed by atoms with Crippen LogP contribution in [0.1, 0.15) is 19.4 Å². The fourth-order valence-electron chi connectivity index (χ4n) is 1.39. The summed E-state index contributed by atoms with van der Waals surface area (Å²) in [6.45, 7) is 4.76. The van der Waals surface area contributed by atoms with Gasteiger partial charge in [-0.05, 0) is 25.8 Å². The van der Waals surface area contributed by atoms with E-state index in [1.54, 1.807) is 20.0 Å². The first-order valence-corrected chi connectivity index (χ1v) is 5.85. The van der Waals surface area contributed by atoms with E-state index in [0.29, 0.717) is 12.2 Å². The second-order valence-corrected chi connectivity index (χ2v) is 3.74. The molecule has 0 heterocycles. The maximum absolute atomic E-state index is 11.3. The summed E-state index contributed by atoms with van der Waals surface area (Å²) in [4.78, 5) is 11.3. The number of nitrogens with one attached hydrogen (secondary N) is 1. The second kappa shape index (κ2) is 7.49. The van der Waals surface area contributed by atoms with Crippen LogP contribution in [0.2, 0.25) is 0 Å². The van der Waals surface area contributed by atoms with Crippen LogP contribution < -0.4 is 5.32 Å². The molecule has 0 amide bonds. The lowest BCUT2D eigenvalue weighted by atomic mass is 10.1. The first-order valence-electron chi connectivity index (χ1n) is 5.85. The third-order valence-electron chi connectivity index (χ3n) is 2.32. The van der Waals surface area contributed by atoms with Crippen LogP contribution in [0.5, 0.6) is 0 Å². The molecular weight excluding hydrogens is 214 g/mol. The van der Waals surface area contributed by atoms with Crippen molar-refractivity contribution < 1.29 is 9.53 Å². The summed E-state index contributed by atoms with van der Waals surface area (Å²) in [7, 11) is 0. The number of ether oxygens (including phenoxy) is 1. The molecule has 0 bridgehead atoms. The number of carbonyl (C=O) groups is 1. The van der Waals surface area contributed by atoms with Crippen LogP contribution in [0.25, 0.3) is 0 Å². The van der Waals surface area contributed by atoms with Crippen molar-refractivity contribution in [3.63, 3.8) is 0 Å². The van der Waals surface area contributed by atoms with Crippen molar-refractivity contribution in [2.45, 2.75) is 20.3 Å². The third-order valence-corrected chi connectivity index (χ3v) is 2.32. The minimum absolute atomic E-state index is 0.264. The molecule has 1 aromatic carbocycles. The first kappa shape index (κ1) is 13.3. The molecule has 92 valence electrons. The molecule has 17 heavy (non-hydrogen) atoms. The number of hydrogen-bond donors (Lipinski definition) is 1. The van der Waals surface area contributed by atoms with Crippen molar-refractivity contribution in [2.75, 3.05) is 13.2 Å². The Balaban J connectivity index is 2.28. The van der Waals surface area contributed by atoms with Gasteiger partial charge in [0.05, 0.1) is 6.61 Å². The van der Waals surface area contributed by atoms with Gasteiger partial charge in [-0.3, -0.25) is 0 Å². The summed E-state index contributed by atoms with van der Waals surface area (Å²) in [6, 6.07) is 10.2. The highest BCUT2D eigenvalue weighted by atomic mass is 16.5. The van der Waals surface area contributed by atoms with Gasteiger partial charge in [0.1, 0.15) is 0 Å². The number of benzene rings is 1. The van der Waals surface area contributed by atoms with Crippen LogP contribution in [0.15, 0.2) is 42.1 Å². The SMILES string of the molecule is CCOC(=O)/C(C)=C/NCCc1ccccc1. The van der Waals surface area contributed by atoms with Crippen LogP contribution in [0, 0.1) is 0 Å². The number of carbonyl (C=O) groups excluding carboxylic acids is 1. The molecular formula is C14H19NO2. The maximum Gasteiger partial charge on any atom is 0.335 e. The molecule has 0 saturated heterocycles. The largest absolute Gasteiger partial charge is 0.463 e. The molecule has 0 fully saturated rings. The monoisotopic (exact) mass is 233 g/mol. The molecule has 3 nitrogen and oxygen atoms in total. The molecule has 1 aromatic rings. The van der Waals surface area contributed by atoms with Crippen molar-refractivity contribution in [2.24, 2.45) is 0 Å². The van der Waals surface area contributed by atoms with E-state index < -0.39 is 0 Å². The molecule has 0 unspecified atom stereocenters. The Bertz CT molecular complexity index is 371. The minimum atomic E-state index is -0.264. The Hall–Kier alpha value is -1.77. The summed E-state index contributed by atoms with van der Waals surface area (Å²) in [5.74, 6) is -0.264. The highest BCUT2D eigenvalue weighted by Crippen LogP contribution is 1.99. The highest BCUT2D eigenvalue weighted by Gasteiger charge is 2.02. The molecule has 0 radical (unpaired) electrons. The van der Waals surface area contributed by atoms with E-state index in [4.69, 9.17) is 4.74 Å². The Morgan fingerprint density at radius 1 is 1.35 bits per heavy atom. The molecule has 1 N–H and O–H groups in total. The Morgan fingerprint density at radius 3 is 2.71 bits per heavy atom. The Labute approximate surface area is 102 Å². The number of esters is 1. The fourth-order valence-corrected chi connectivity index (χ4v) is 1.39. The van der Waals surface area contributed by atoms with Crippen LogP contribution in [-0.2, 0) is 16.0 Å². The van der Waals surface area contributed by atoms with Gasteiger partial charge in [-0.2, -0.15) is 0 Å². The van der Waals surface area contributed by atoms with Gasteiger partial charge < -0.3 is 10.1 Å². The molecule has 0 aliphatic carbocycles. The zero-order valence-electron chi connectivity index (χ0n) is 10.4. The van der Waals surface area contributed by atoms with Crippen molar-refractivity contribution in [3.05, 3.63) is 47.7 Å². The van der Waals surface area contributed by atoms with Gasteiger partial charge in [0.15, 0.2) is 0 Å². The van der Waals surface area contributed by atoms with Crippen LogP contribution in [0.4, 0.5) is 0 Å². The van der Waals surface area contributed by atoms with E-state index in [1.807, 2.05) is 18.2 Å². The number of rotatable bonds is 6. The Kier molecular flexibility index (Phi) is 5.86. The molecule has 0 atom stereocenters. The second-order valence-electron chi connectivity index (χ2n) is 3.74. The zero-order chi connectivity index (χ0) is 12.5.